The summed E-state index contributed by atoms with van der Waals surface area (Å²) < 4.78 is 0. The van der Waals surface area contributed by atoms with Crippen molar-refractivity contribution in [1.29, 1.82) is 0 Å². The largest absolute Gasteiger partial charge is 0.481 e. The number of hydrogen-bond donors (Lipinski definition) is 1. The summed E-state index contributed by atoms with van der Waals surface area (Å²) in [5.74, 6) is -2.08. The van der Waals surface area contributed by atoms with Crippen molar-refractivity contribution >= 4 is 17.8 Å². The molecule has 122 valence electrons. The van der Waals surface area contributed by atoms with Crippen LogP contribution in [0, 0.1) is 11.8 Å². The number of likely N-dealkylation sites (tertiary alicyclic amines) is 2. The Morgan fingerprint density at radius 2 is 2.17 bits per heavy atom. The highest BCUT2D eigenvalue weighted by atomic mass is 16.4. The first-order valence-corrected chi connectivity index (χ1v) is 7.66. The lowest BCUT2D eigenvalue weighted by Crippen LogP contribution is -2.37. The number of pyridine rings is 1. The van der Waals surface area contributed by atoms with E-state index >= 15 is 0 Å². The molecule has 2 aliphatic rings. The molecule has 2 aliphatic heterocycles. The maximum absolute atomic E-state index is 12.8. The summed E-state index contributed by atoms with van der Waals surface area (Å²) in [6, 6.07) is 3.30. The Balaban J connectivity index is 1.81. The quantitative estimate of drug-likeness (QED) is 0.878. The number of nitrogens with zero attached hydrogens (tertiary/aromatic N) is 3. The van der Waals surface area contributed by atoms with Gasteiger partial charge in [0.15, 0.2) is 0 Å². The van der Waals surface area contributed by atoms with Crippen LogP contribution in [0.5, 0.6) is 0 Å². The predicted octanol–water partition coefficient (Wildman–Crippen LogP) is 0.534. The lowest BCUT2D eigenvalue weighted by atomic mass is 9.93. The van der Waals surface area contributed by atoms with Crippen LogP contribution in [0.4, 0.5) is 0 Å². The van der Waals surface area contributed by atoms with Crippen molar-refractivity contribution in [3.8, 4) is 0 Å². The molecule has 3 heterocycles. The van der Waals surface area contributed by atoms with Gasteiger partial charge in [-0.15, -0.1) is 0 Å². The highest BCUT2D eigenvalue weighted by Gasteiger charge is 2.45. The second-order valence-electron chi connectivity index (χ2n) is 6.15. The number of aromatic nitrogens is 1. The van der Waals surface area contributed by atoms with Gasteiger partial charge in [-0.2, -0.15) is 0 Å². The van der Waals surface area contributed by atoms with Crippen LogP contribution in [0.15, 0.2) is 24.5 Å². The number of hydrogen-bond acceptors (Lipinski definition) is 4. The third-order valence-electron chi connectivity index (χ3n) is 4.78. The van der Waals surface area contributed by atoms with E-state index in [9.17, 15) is 14.4 Å². The molecule has 3 unspecified atom stereocenters. The number of carboxylic acid groups (broad SMARTS) is 1. The van der Waals surface area contributed by atoms with E-state index in [1.807, 2.05) is 6.07 Å². The standard InChI is InChI=1S/C16H19N3O4/c1-18-13(20)7-12(14(18)10-3-2-5-17-8-10)15(21)19-6-4-11(9-19)16(22)23/h2-3,5,8,11-12,14H,4,6-7,9H2,1H3,(H,22,23). The van der Waals surface area contributed by atoms with Gasteiger partial charge in [0.05, 0.1) is 17.9 Å². The molecule has 2 fully saturated rings. The first kappa shape index (κ1) is 15.5. The molecular formula is C16H19N3O4. The van der Waals surface area contributed by atoms with E-state index in [-0.39, 0.29) is 30.8 Å². The van der Waals surface area contributed by atoms with Gasteiger partial charge in [-0.3, -0.25) is 19.4 Å². The average Bonchev–Trinajstić information content (AvgIpc) is 3.14. The molecule has 7 nitrogen and oxygen atoms in total. The second kappa shape index (κ2) is 5.98. The Morgan fingerprint density at radius 1 is 1.39 bits per heavy atom. The number of aliphatic carboxylic acids is 1. The highest BCUT2D eigenvalue weighted by Crippen LogP contribution is 2.38. The zero-order valence-corrected chi connectivity index (χ0v) is 12.9. The Morgan fingerprint density at radius 3 is 2.78 bits per heavy atom. The number of rotatable bonds is 3. The molecule has 0 aliphatic carbocycles. The molecule has 0 spiro atoms. The lowest BCUT2D eigenvalue weighted by Gasteiger charge is -2.27. The van der Waals surface area contributed by atoms with Crippen molar-refractivity contribution < 1.29 is 19.5 Å². The van der Waals surface area contributed by atoms with Crippen LogP contribution in [0.1, 0.15) is 24.4 Å². The molecular weight excluding hydrogens is 298 g/mol. The SMILES string of the molecule is CN1C(=O)CC(C(=O)N2CCC(C(=O)O)C2)C1c1cccnc1. The molecule has 3 rings (SSSR count). The van der Waals surface area contributed by atoms with Crippen molar-refractivity contribution in [3.05, 3.63) is 30.1 Å². The van der Waals surface area contributed by atoms with Crippen molar-refractivity contribution in [2.45, 2.75) is 18.9 Å². The summed E-state index contributed by atoms with van der Waals surface area (Å²) in [5, 5.41) is 9.08. The minimum Gasteiger partial charge on any atom is -0.481 e. The first-order valence-electron chi connectivity index (χ1n) is 7.66. The third-order valence-corrected chi connectivity index (χ3v) is 4.78. The zero-order chi connectivity index (χ0) is 16.6. The normalized spacial score (nSPS) is 27.5. The molecule has 2 amide bonds. The summed E-state index contributed by atoms with van der Waals surface area (Å²) in [4.78, 5) is 43.2. The van der Waals surface area contributed by atoms with E-state index in [2.05, 4.69) is 4.98 Å². The van der Waals surface area contributed by atoms with Gasteiger partial charge >= 0.3 is 5.97 Å². The average molecular weight is 317 g/mol. The molecule has 0 bridgehead atoms. The van der Waals surface area contributed by atoms with Crippen LogP contribution in [0.25, 0.3) is 0 Å². The Hall–Kier alpha value is -2.44. The summed E-state index contributed by atoms with van der Waals surface area (Å²) >= 11 is 0. The van der Waals surface area contributed by atoms with Crippen LogP contribution in [-0.4, -0.2) is 57.8 Å². The Labute approximate surface area is 133 Å². The Kier molecular flexibility index (Phi) is 4.02. The highest BCUT2D eigenvalue weighted by molar-refractivity contribution is 5.90. The summed E-state index contributed by atoms with van der Waals surface area (Å²) in [6.45, 7) is 0.659. The molecule has 1 aromatic rings. The van der Waals surface area contributed by atoms with Gasteiger partial charge in [0.2, 0.25) is 11.8 Å². The van der Waals surface area contributed by atoms with E-state index in [1.165, 1.54) is 0 Å². The molecule has 1 aromatic heterocycles. The van der Waals surface area contributed by atoms with Gasteiger partial charge in [0.25, 0.3) is 0 Å². The lowest BCUT2D eigenvalue weighted by molar-refractivity contribution is -0.142. The van der Waals surface area contributed by atoms with E-state index in [0.29, 0.717) is 13.0 Å². The van der Waals surface area contributed by atoms with Crippen molar-refractivity contribution in [1.82, 2.24) is 14.8 Å². The zero-order valence-electron chi connectivity index (χ0n) is 12.9. The minimum atomic E-state index is -0.872. The van der Waals surface area contributed by atoms with Crippen LogP contribution in [0.3, 0.4) is 0 Å². The van der Waals surface area contributed by atoms with Gasteiger partial charge in [-0.1, -0.05) is 6.07 Å². The molecule has 7 heteroatoms. The number of amides is 2. The molecule has 0 saturated carbocycles. The van der Waals surface area contributed by atoms with Gasteiger partial charge in [-0.05, 0) is 18.1 Å². The van der Waals surface area contributed by atoms with E-state index in [1.54, 1.807) is 35.3 Å². The van der Waals surface area contributed by atoms with E-state index in [0.717, 1.165) is 5.56 Å². The fourth-order valence-corrected chi connectivity index (χ4v) is 3.49. The molecule has 3 atom stereocenters. The van der Waals surface area contributed by atoms with Crippen LogP contribution < -0.4 is 0 Å². The van der Waals surface area contributed by atoms with Crippen molar-refractivity contribution in [2.75, 3.05) is 20.1 Å². The predicted molar refractivity (Wildman–Crippen MR) is 80.2 cm³/mol. The van der Waals surface area contributed by atoms with Gasteiger partial charge in [0.1, 0.15) is 0 Å². The summed E-state index contributed by atoms with van der Waals surface area (Å²) in [7, 11) is 1.69. The molecule has 2 saturated heterocycles. The minimum absolute atomic E-state index is 0.0776. The number of carbonyl (C=O) groups excluding carboxylic acids is 2. The molecule has 0 radical (unpaired) electrons. The van der Waals surface area contributed by atoms with Gasteiger partial charge in [0, 0.05) is 39.0 Å². The summed E-state index contributed by atoms with van der Waals surface area (Å²) in [5.41, 5.74) is 0.827. The molecule has 1 N–H and O–H groups in total. The fraction of sp³-hybridized carbons (Fsp3) is 0.500. The number of carboxylic acids is 1. The van der Waals surface area contributed by atoms with Crippen molar-refractivity contribution in [2.24, 2.45) is 11.8 Å². The second-order valence-corrected chi connectivity index (χ2v) is 6.15. The van der Waals surface area contributed by atoms with E-state index in [4.69, 9.17) is 5.11 Å². The monoisotopic (exact) mass is 317 g/mol. The maximum Gasteiger partial charge on any atom is 0.308 e. The van der Waals surface area contributed by atoms with Crippen molar-refractivity contribution in [3.63, 3.8) is 0 Å². The van der Waals surface area contributed by atoms with Crippen LogP contribution >= 0.6 is 0 Å². The van der Waals surface area contributed by atoms with E-state index < -0.39 is 17.8 Å². The Bertz CT molecular complexity index is 633. The molecule has 0 aromatic carbocycles. The van der Waals surface area contributed by atoms with Crippen LogP contribution in [0.2, 0.25) is 0 Å². The summed E-state index contributed by atoms with van der Waals surface area (Å²) in [6.07, 6.45) is 3.94. The van der Waals surface area contributed by atoms with Crippen LogP contribution in [-0.2, 0) is 14.4 Å². The molecule has 23 heavy (non-hydrogen) atoms. The maximum atomic E-state index is 12.8. The topological polar surface area (TPSA) is 90.8 Å². The fourth-order valence-electron chi connectivity index (χ4n) is 3.49. The van der Waals surface area contributed by atoms with Gasteiger partial charge in [-0.25, -0.2) is 0 Å². The number of carbonyl (C=O) groups is 3. The first-order chi connectivity index (χ1) is 11.0. The van der Waals surface area contributed by atoms with Gasteiger partial charge < -0.3 is 14.9 Å². The smallest absolute Gasteiger partial charge is 0.308 e. The third kappa shape index (κ3) is 2.78.